The highest BCUT2D eigenvalue weighted by molar-refractivity contribution is 5.71. The van der Waals surface area contributed by atoms with E-state index in [1.54, 1.807) is 0 Å². The van der Waals surface area contributed by atoms with Gasteiger partial charge in [0.25, 0.3) is 0 Å². The minimum absolute atomic E-state index is 0.130. The van der Waals surface area contributed by atoms with E-state index in [0.717, 1.165) is 96.3 Å². The highest BCUT2D eigenvalue weighted by Crippen LogP contribution is 2.12. The van der Waals surface area contributed by atoms with Crippen molar-refractivity contribution in [3.63, 3.8) is 0 Å². The van der Waals surface area contributed by atoms with Crippen LogP contribution in [0, 0.1) is 0 Å². The van der Waals surface area contributed by atoms with E-state index in [9.17, 15) is 14.4 Å². The zero-order valence-corrected chi connectivity index (χ0v) is 43.1. The molecule has 0 unspecified atom stereocenters. The van der Waals surface area contributed by atoms with Gasteiger partial charge < -0.3 is 14.2 Å². The lowest BCUT2D eigenvalue weighted by molar-refractivity contribution is -0.167. The predicted molar refractivity (Wildman–Crippen MR) is 288 cm³/mol. The zero-order chi connectivity index (χ0) is 48.6. The molecule has 1 atom stereocenters. The molecule has 0 aliphatic heterocycles. The molecular weight excluding hydrogens is 829 g/mol. The first-order valence-corrected chi connectivity index (χ1v) is 27.0. The average molecular weight is 927 g/mol. The van der Waals surface area contributed by atoms with Crippen LogP contribution in [0.15, 0.2) is 122 Å². The summed E-state index contributed by atoms with van der Waals surface area (Å²) in [7, 11) is 0. The van der Waals surface area contributed by atoms with Gasteiger partial charge in [-0.3, -0.25) is 14.4 Å². The van der Waals surface area contributed by atoms with Crippen LogP contribution in [0.4, 0.5) is 0 Å². The van der Waals surface area contributed by atoms with Gasteiger partial charge in [-0.05, 0) is 122 Å². The molecular formula is C61H98O6. The smallest absolute Gasteiger partial charge is 0.306 e. The fraction of sp³-hybridized carbons (Fsp3) is 0.623. The third kappa shape index (κ3) is 52.6. The van der Waals surface area contributed by atoms with Gasteiger partial charge in [0.1, 0.15) is 13.2 Å². The van der Waals surface area contributed by atoms with Crippen molar-refractivity contribution in [3.05, 3.63) is 122 Å². The second-order valence-electron chi connectivity index (χ2n) is 17.4. The van der Waals surface area contributed by atoms with Gasteiger partial charge in [-0.15, -0.1) is 0 Å². The Bertz CT molecular complexity index is 1440. The summed E-state index contributed by atoms with van der Waals surface area (Å²) in [6.45, 7) is 6.37. The maximum atomic E-state index is 12.8. The molecule has 0 fully saturated rings. The Kier molecular flexibility index (Phi) is 51.0. The quantitative estimate of drug-likeness (QED) is 0.0262. The second kappa shape index (κ2) is 54.4. The normalized spacial score (nSPS) is 13.1. The van der Waals surface area contributed by atoms with E-state index in [2.05, 4.69) is 142 Å². The van der Waals surface area contributed by atoms with Crippen LogP contribution < -0.4 is 0 Å². The molecule has 0 amide bonds. The van der Waals surface area contributed by atoms with Crippen LogP contribution in [0.3, 0.4) is 0 Å². The molecule has 0 saturated heterocycles. The summed E-state index contributed by atoms with van der Waals surface area (Å²) < 4.78 is 16.7. The summed E-state index contributed by atoms with van der Waals surface area (Å²) >= 11 is 0. The SMILES string of the molecule is CC/C=C\C/C=C\C/C=C\C/C=C\C/C=C\CCCC(=O)OC[C@H](COC(=O)CCC/C=C\C/C=C\C/C=C\C/C=C\CCCCC)OC(=O)CCCCCCC/C=C\CCCCCCCC. The number of unbranched alkanes of at least 4 members (excludes halogenated alkanes) is 16. The summed E-state index contributed by atoms with van der Waals surface area (Å²) in [5, 5.41) is 0. The molecule has 0 radical (unpaired) electrons. The van der Waals surface area contributed by atoms with Crippen molar-refractivity contribution in [2.24, 2.45) is 0 Å². The maximum absolute atomic E-state index is 12.8. The van der Waals surface area contributed by atoms with Crippen molar-refractivity contribution in [3.8, 4) is 0 Å². The van der Waals surface area contributed by atoms with Gasteiger partial charge in [-0.1, -0.05) is 206 Å². The van der Waals surface area contributed by atoms with Gasteiger partial charge in [-0.25, -0.2) is 0 Å². The highest BCUT2D eigenvalue weighted by Gasteiger charge is 2.19. The number of hydrogen-bond acceptors (Lipinski definition) is 6. The van der Waals surface area contributed by atoms with Gasteiger partial charge >= 0.3 is 17.9 Å². The summed E-state index contributed by atoms with van der Waals surface area (Å²) in [5.41, 5.74) is 0. The Hall–Kier alpha value is -4.19. The molecule has 0 spiro atoms. The molecule has 67 heavy (non-hydrogen) atoms. The Morgan fingerprint density at radius 3 is 1.00 bits per heavy atom. The van der Waals surface area contributed by atoms with E-state index >= 15 is 0 Å². The monoisotopic (exact) mass is 927 g/mol. The van der Waals surface area contributed by atoms with E-state index in [0.29, 0.717) is 19.3 Å². The summed E-state index contributed by atoms with van der Waals surface area (Å²) in [4.78, 5) is 38.0. The molecule has 0 rings (SSSR count). The Labute approximate surface area is 412 Å². The van der Waals surface area contributed by atoms with E-state index in [1.807, 2.05) is 0 Å². The van der Waals surface area contributed by atoms with Crippen molar-refractivity contribution in [2.75, 3.05) is 13.2 Å². The maximum Gasteiger partial charge on any atom is 0.306 e. The molecule has 0 aromatic heterocycles. The highest BCUT2D eigenvalue weighted by atomic mass is 16.6. The summed E-state index contributed by atoms with van der Waals surface area (Å²) in [5.74, 6) is -1.05. The number of esters is 3. The van der Waals surface area contributed by atoms with E-state index in [1.165, 1.54) is 77.0 Å². The lowest BCUT2D eigenvalue weighted by Crippen LogP contribution is -2.30. The molecule has 0 aliphatic rings. The Morgan fingerprint density at radius 1 is 0.313 bits per heavy atom. The first kappa shape index (κ1) is 62.8. The van der Waals surface area contributed by atoms with E-state index in [4.69, 9.17) is 14.2 Å². The minimum atomic E-state index is -0.831. The Balaban J connectivity index is 4.59. The largest absolute Gasteiger partial charge is 0.462 e. The lowest BCUT2D eigenvalue weighted by atomic mass is 10.1. The molecule has 0 aliphatic carbocycles. The molecule has 378 valence electrons. The number of allylic oxidation sites excluding steroid dienone is 20. The summed E-state index contributed by atoms with van der Waals surface area (Å²) in [6, 6.07) is 0. The van der Waals surface area contributed by atoms with Gasteiger partial charge in [0.2, 0.25) is 0 Å². The predicted octanol–water partition coefficient (Wildman–Crippen LogP) is 18.1. The molecule has 0 bridgehead atoms. The van der Waals surface area contributed by atoms with Crippen LogP contribution in [0.25, 0.3) is 0 Å². The number of rotatable bonds is 47. The molecule has 0 heterocycles. The number of carbonyl (C=O) groups is 3. The van der Waals surface area contributed by atoms with Crippen LogP contribution in [0.2, 0.25) is 0 Å². The molecule has 0 saturated carbocycles. The minimum Gasteiger partial charge on any atom is -0.462 e. The van der Waals surface area contributed by atoms with Crippen LogP contribution >= 0.6 is 0 Å². The molecule has 0 aromatic carbocycles. The number of hydrogen-bond donors (Lipinski definition) is 0. The van der Waals surface area contributed by atoms with Crippen LogP contribution in [-0.2, 0) is 28.6 Å². The molecule has 6 heteroatoms. The average Bonchev–Trinajstić information content (AvgIpc) is 3.33. The third-order valence-corrected chi connectivity index (χ3v) is 10.9. The van der Waals surface area contributed by atoms with Gasteiger partial charge in [0.15, 0.2) is 6.10 Å². The third-order valence-electron chi connectivity index (χ3n) is 10.9. The first-order valence-electron chi connectivity index (χ1n) is 27.0. The van der Waals surface area contributed by atoms with Crippen LogP contribution in [-0.4, -0.2) is 37.2 Å². The van der Waals surface area contributed by atoms with Crippen LogP contribution in [0.5, 0.6) is 0 Å². The second-order valence-corrected chi connectivity index (χ2v) is 17.4. The zero-order valence-electron chi connectivity index (χ0n) is 43.1. The van der Waals surface area contributed by atoms with Gasteiger partial charge in [0, 0.05) is 19.3 Å². The van der Waals surface area contributed by atoms with Crippen molar-refractivity contribution < 1.29 is 28.6 Å². The fourth-order valence-corrected chi connectivity index (χ4v) is 6.88. The molecule has 0 N–H and O–H groups in total. The lowest BCUT2D eigenvalue weighted by Gasteiger charge is -2.18. The van der Waals surface area contributed by atoms with E-state index in [-0.39, 0.29) is 44.0 Å². The molecule has 6 nitrogen and oxygen atoms in total. The summed E-state index contributed by atoms with van der Waals surface area (Å²) in [6.07, 6.45) is 74.8. The number of ether oxygens (including phenoxy) is 3. The van der Waals surface area contributed by atoms with Crippen molar-refractivity contribution >= 4 is 17.9 Å². The van der Waals surface area contributed by atoms with E-state index < -0.39 is 6.10 Å². The van der Waals surface area contributed by atoms with Crippen molar-refractivity contribution in [1.29, 1.82) is 0 Å². The van der Waals surface area contributed by atoms with Crippen LogP contribution in [0.1, 0.15) is 226 Å². The van der Waals surface area contributed by atoms with Crippen molar-refractivity contribution in [2.45, 2.75) is 232 Å². The first-order chi connectivity index (χ1) is 33.0. The molecule has 0 aromatic rings. The van der Waals surface area contributed by atoms with Crippen molar-refractivity contribution in [1.82, 2.24) is 0 Å². The Morgan fingerprint density at radius 2 is 0.597 bits per heavy atom. The van der Waals surface area contributed by atoms with Gasteiger partial charge in [-0.2, -0.15) is 0 Å². The fourth-order valence-electron chi connectivity index (χ4n) is 6.88. The standard InChI is InChI=1S/C61H98O6/c1-4-7-10-13-16-19-22-25-28-30-33-35-38-41-44-47-50-53-59(62)65-56-58(67-61(64)55-52-49-46-43-40-37-32-27-24-21-18-15-12-9-6-3)57-66-60(63)54-51-48-45-42-39-36-34-31-29-26-23-20-17-14-11-8-5-2/h7,10,16-17,19-20,25-29,32-36,41-42,44-45,58H,4-6,8-9,11-15,18,21-24,30-31,37-40,43,46-57H2,1-3H3/b10-7-,19-16-,20-17-,28-25-,29-26-,32-27-,35-33-,36-34-,44-41-,45-42-/t58-/m1/s1. The number of carbonyl (C=O) groups excluding carboxylic acids is 3. The topological polar surface area (TPSA) is 78.9 Å². The van der Waals surface area contributed by atoms with Gasteiger partial charge in [0.05, 0.1) is 0 Å².